The summed E-state index contributed by atoms with van der Waals surface area (Å²) >= 11 is 0. The average Bonchev–Trinajstić information content (AvgIpc) is 3.37. The third-order valence-corrected chi connectivity index (χ3v) is 13.1. The molecule has 0 amide bonds. The van der Waals surface area contributed by atoms with Gasteiger partial charge in [0.1, 0.15) is 18.8 Å². The zero-order valence-electron chi connectivity index (χ0n) is 46.1. The van der Waals surface area contributed by atoms with Crippen LogP contribution in [0.1, 0.15) is 252 Å². The van der Waals surface area contributed by atoms with E-state index < -0.39 is 67.3 Å². The number of aliphatic hydroxyl groups is 2. The van der Waals surface area contributed by atoms with Crippen molar-refractivity contribution in [2.45, 2.75) is 289 Å². The zero-order chi connectivity index (χ0) is 53.3. The van der Waals surface area contributed by atoms with Crippen molar-refractivity contribution in [1.29, 1.82) is 0 Å². The number of unbranched alkanes of at least 4 members (excludes halogenated alkanes) is 25. The van der Waals surface area contributed by atoms with E-state index >= 15 is 0 Å². The van der Waals surface area contributed by atoms with E-state index in [4.69, 9.17) is 23.7 Å². The van der Waals surface area contributed by atoms with Crippen LogP contribution in [0, 0.1) is 0 Å². The summed E-state index contributed by atoms with van der Waals surface area (Å²) in [4.78, 5) is 51.0. The molecule has 1 saturated heterocycles. The van der Waals surface area contributed by atoms with E-state index in [-0.39, 0.29) is 25.9 Å². The van der Waals surface area contributed by atoms with Crippen LogP contribution in [0.2, 0.25) is 0 Å². The van der Waals surface area contributed by atoms with Gasteiger partial charge in [0.15, 0.2) is 24.6 Å². The van der Waals surface area contributed by atoms with Crippen LogP contribution < -0.4 is 0 Å². The van der Waals surface area contributed by atoms with Crippen molar-refractivity contribution in [1.82, 2.24) is 0 Å². The highest BCUT2D eigenvalue weighted by Gasteiger charge is 2.50. The molecule has 0 bridgehead atoms. The average molecular weight is 1030 g/mol. The van der Waals surface area contributed by atoms with Crippen molar-refractivity contribution in [2.75, 3.05) is 13.2 Å². The van der Waals surface area contributed by atoms with Crippen molar-refractivity contribution in [2.24, 2.45) is 0 Å². The zero-order valence-corrected chi connectivity index (χ0v) is 46.1. The molecule has 12 nitrogen and oxygen atoms in total. The van der Waals surface area contributed by atoms with Crippen LogP contribution in [0.3, 0.4) is 0 Å². The first-order valence-electron chi connectivity index (χ1n) is 29.3. The minimum Gasteiger partial charge on any atom is -0.479 e. The number of aliphatic hydroxyl groups excluding tert-OH is 2. The maximum absolute atomic E-state index is 13.1. The lowest BCUT2D eigenvalue weighted by atomic mass is 9.98. The molecule has 1 aliphatic rings. The molecule has 0 aromatic heterocycles. The molecule has 0 radical (unpaired) electrons. The Labute approximate surface area is 443 Å². The van der Waals surface area contributed by atoms with Gasteiger partial charge in [0.25, 0.3) is 0 Å². The van der Waals surface area contributed by atoms with Crippen LogP contribution in [0.25, 0.3) is 0 Å². The first-order valence-corrected chi connectivity index (χ1v) is 29.3. The van der Waals surface area contributed by atoms with Gasteiger partial charge in [-0.25, -0.2) is 4.79 Å². The van der Waals surface area contributed by atoms with Crippen LogP contribution in [0.5, 0.6) is 0 Å². The second kappa shape index (κ2) is 49.3. The molecule has 0 aliphatic carbocycles. The Bertz CT molecular complexity index is 1500. The molecule has 1 aliphatic heterocycles. The molecule has 1 rings (SSSR count). The van der Waals surface area contributed by atoms with E-state index in [1.54, 1.807) is 0 Å². The van der Waals surface area contributed by atoms with Crippen molar-refractivity contribution in [3.8, 4) is 0 Å². The van der Waals surface area contributed by atoms with Crippen molar-refractivity contribution in [3.05, 3.63) is 60.8 Å². The number of carbonyl (C=O) groups excluding carboxylic acids is 3. The third-order valence-electron chi connectivity index (χ3n) is 13.1. The van der Waals surface area contributed by atoms with Gasteiger partial charge in [-0.05, 0) is 83.5 Å². The number of aliphatic carboxylic acids is 1. The number of carboxylic acid groups (broad SMARTS) is 1. The fourth-order valence-corrected chi connectivity index (χ4v) is 8.59. The Hall–Kier alpha value is -3.58. The summed E-state index contributed by atoms with van der Waals surface area (Å²) in [6.45, 7) is 5.85. The van der Waals surface area contributed by atoms with Crippen LogP contribution >= 0.6 is 0 Å². The Morgan fingerprint density at radius 2 is 0.863 bits per heavy atom. The largest absolute Gasteiger partial charge is 0.479 e. The lowest BCUT2D eigenvalue weighted by Crippen LogP contribution is -2.61. The Kier molecular flexibility index (Phi) is 45.5. The van der Waals surface area contributed by atoms with Crippen LogP contribution in [-0.4, -0.2) is 89.2 Å². The highest BCUT2D eigenvalue weighted by Crippen LogP contribution is 2.26. The van der Waals surface area contributed by atoms with Crippen molar-refractivity contribution < 1.29 is 58.2 Å². The van der Waals surface area contributed by atoms with Gasteiger partial charge in [-0.3, -0.25) is 14.4 Å². The first-order chi connectivity index (χ1) is 35.6. The summed E-state index contributed by atoms with van der Waals surface area (Å²) in [7, 11) is 0. The predicted molar refractivity (Wildman–Crippen MR) is 294 cm³/mol. The van der Waals surface area contributed by atoms with E-state index in [0.717, 1.165) is 122 Å². The molecule has 0 saturated carbocycles. The van der Waals surface area contributed by atoms with Gasteiger partial charge >= 0.3 is 23.9 Å². The summed E-state index contributed by atoms with van der Waals surface area (Å²) in [5.41, 5.74) is 0. The Morgan fingerprint density at radius 1 is 0.466 bits per heavy atom. The predicted octanol–water partition coefficient (Wildman–Crippen LogP) is 14.8. The number of carbonyl (C=O) groups is 4. The van der Waals surface area contributed by atoms with E-state index in [0.29, 0.717) is 19.3 Å². The van der Waals surface area contributed by atoms with Gasteiger partial charge in [-0.2, -0.15) is 0 Å². The number of ether oxygens (including phenoxy) is 5. The number of hydrogen-bond donors (Lipinski definition) is 3. The van der Waals surface area contributed by atoms with Gasteiger partial charge < -0.3 is 39.0 Å². The normalized spacial score (nSPS) is 18.7. The molecule has 73 heavy (non-hydrogen) atoms. The van der Waals surface area contributed by atoms with Crippen molar-refractivity contribution in [3.63, 3.8) is 0 Å². The number of allylic oxidation sites excluding steroid dienone is 10. The SMILES string of the molecule is CC/C=C\C/C=C\C/C=C\C/C=C\CCCCCCCCC(=O)OC1C(OCC(COC(=O)CCCCCCC/C=C\CCCCCC)OC(=O)CCCCCCCCCCCCC)OC(C(=O)O)C(O)C1O. The summed E-state index contributed by atoms with van der Waals surface area (Å²) in [6, 6.07) is 0. The second-order valence-corrected chi connectivity index (χ2v) is 19.9. The molecule has 3 N–H and O–H groups in total. The van der Waals surface area contributed by atoms with Crippen molar-refractivity contribution >= 4 is 23.9 Å². The second-order valence-electron chi connectivity index (χ2n) is 19.9. The van der Waals surface area contributed by atoms with Gasteiger partial charge in [-0.15, -0.1) is 0 Å². The quantitative estimate of drug-likeness (QED) is 0.0228. The van der Waals surface area contributed by atoms with Crippen LogP contribution in [0.4, 0.5) is 0 Å². The summed E-state index contributed by atoms with van der Waals surface area (Å²) in [5, 5.41) is 31.5. The fourth-order valence-electron chi connectivity index (χ4n) is 8.59. The standard InChI is InChI=1S/C61H104O12/c1-4-7-10-13-16-19-22-24-25-26-27-28-29-31-34-37-40-43-46-49-55(64)72-59-57(66)56(65)58(60(67)68)73-61(59)70-51-52(71-54(63)48-45-42-39-36-32-21-18-15-12-9-6-3)50-69-53(62)47-44-41-38-35-33-30-23-20-17-14-11-8-5-2/h7,10,16,19-20,23-25,27-28,52,56-59,61,65-66H,4-6,8-9,11-15,17-18,21-22,26,29-51H2,1-3H3,(H,67,68)/b10-7-,19-16-,23-20-,25-24-,28-27-. The van der Waals surface area contributed by atoms with Gasteiger partial charge in [0.05, 0.1) is 6.61 Å². The summed E-state index contributed by atoms with van der Waals surface area (Å²) in [5.74, 6) is -3.14. The molecular formula is C61H104O12. The molecule has 12 heteroatoms. The lowest BCUT2D eigenvalue weighted by Gasteiger charge is -2.40. The minimum atomic E-state index is -1.91. The van der Waals surface area contributed by atoms with Gasteiger partial charge in [0, 0.05) is 19.3 Å². The Morgan fingerprint density at radius 3 is 1.34 bits per heavy atom. The van der Waals surface area contributed by atoms with E-state index in [9.17, 15) is 34.5 Å². The Balaban J connectivity index is 2.67. The molecule has 0 aromatic rings. The molecule has 6 unspecified atom stereocenters. The highest BCUT2D eigenvalue weighted by atomic mass is 16.7. The monoisotopic (exact) mass is 1030 g/mol. The maximum Gasteiger partial charge on any atom is 0.335 e. The molecule has 1 heterocycles. The third kappa shape index (κ3) is 39.5. The number of rotatable bonds is 49. The van der Waals surface area contributed by atoms with Crippen LogP contribution in [-0.2, 0) is 42.9 Å². The summed E-state index contributed by atoms with van der Waals surface area (Å²) in [6.07, 6.45) is 47.6. The molecule has 0 spiro atoms. The maximum atomic E-state index is 13.1. The highest BCUT2D eigenvalue weighted by molar-refractivity contribution is 5.74. The van der Waals surface area contributed by atoms with E-state index in [1.165, 1.54) is 70.6 Å². The number of carboxylic acids is 1. The van der Waals surface area contributed by atoms with E-state index in [1.807, 2.05) is 0 Å². The topological polar surface area (TPSA) is 175 Å². The molecular weight excluding hydrogens is 925 g/mol. The molecule has 1 fully saturated rings. The van der Waals surface area contributed by atoms with Crippen LogP contribution in [0.15, 0.2) is 60.8 Å². The molecule has 6 atom stereocenters. The number of hydrogen-bond acceptors (Lipinski definition) is 11. The summed E-state index contributed by atoms with van der Waals surface area (Å²) < 4.78 is 28.4. The number of esters is 3. The first kappa shape index (κ1) is 67.4. The van der Waals surface area contributed by atoms with E-state index in [2.05, 4.69) is 81.5 Å². The van der Waals surface area contributed by atoms with Gasteiger partial charge in [-0.1, -0.05) is 210 Å². The lowest BCUT2D eigenvalue weighted by molar-refractivity contribution is -0.301. The minimum absolute atomic E-state index is 0.0438. The fraction of sp³-hybridized carbons (Fsp3) is 0.770. The molecule has 0 aromatic carbocycles. The van der Waals surface area contributed by atoms with Gasteiger partial charge in [0.2, 0.25) is 0 Å². The molecule has 420 valence electrons. The smallest absolute Gasteiger partial charge is 0.335 e.